The summed E-state index contributed by atoms with van der Waals surface area (Å²) in [6.45, 7) is 2.64. The largest absolute Gasteiger partial charge is 0.335 e. The lowest BCUT2D eigenvalue weighted by Gasteiger charge is -2.17. The number of aryl methyl sites for hydroxylation is 1. The Balaban J connectivity index is 2.31. The molecule has 0 spiro atoms. The molecule has 0 fully saturated rings. The fourth-order valence-corrected chi connectivity index (χ4v) is 2.07. The molecular weight excluding hydrogens is 269 g/mol. The molecule has 0 amide bonds. The topological polar surface area (TPSA) is 55.9 Å². The third kappa shape index (κ3) is 2.68. The van der Waals surface area contributed by atoms with Crippen molar-refractivity contribution in [2.45, 2.75) is 25.9 Å². The van der Waals surface area contributed by atoms with Crippen molar-refractivity contribution in [3.63, 3.8) is 0 Å². The number of halogens is 3. The van der Waals surface area contributed by atoms with Crippen LogP contribution in [0.2, 0.25) is 0 Å². The highest BCUT2D eigenvalue weighted by molar-refractivity contribution is 5.24. The quantitative estimate of drug-likeness (QED) is 0.502. The maximum atomic E-state index is 13.8. The third-order valence-electron chi connectivity index (χ3n) is 3.17. The maximum absolute atomic E-state index is 13.8. The number of rotatable bonds is 5. The van der Waals surface area contributed by atoms with Crippen LogP contribution in [0.1, 0.15) is 24.4 Å². The highest BCUT2D eigenvalue weighted by Crippen LogP contribution is 2.23. The molecule has 4 nitrogen and oxygen atoms in total. The Morgan fingerprint density at radius 2 is 2.05 bits per heavy atom. The summed E-state index contributed by atoms with van der Waals surface area (Å²) in [5.41, 5.74) is 2.38. The second-order valence-corrected chi connectivity index (χ2v) is 4.32. The minimum atomic E-state index is -1.50. The molecule has 1 atom stereocenters. The number of hydrogen-bond donors (Lipinski definition) is 2. The molecule has 1 aromatic heterocycles. The molecule has 0 saturated carbocycles. The first kappa shape index (κ1) is 14.5. The summed E-state index contributed by atoms with van der Waals surface area (Å²) in [6.07, 6.45) is 3.66. The monoisotopic (exact) mass is 284 g/mol. The first-order valence-electron chi connectivity index (χ1n) is 6.18. The summed E-state index contributed by atoms with van der Waals surface area (Å²) in [6, 6.07) is 1.36. The predicted molar refractivity (Wildman–Crippen MR) is 68.0 cm³/mol. The van der Waals surface area contributed by atoms with Gasteiger partial charge in [-0.25, -0.2) is 18.2 Å². The molecular formula is C13H15F3N4. The molecule has 0 aliphatic carbocycles. The van der Waals surface area contributed by atoms with E-state index in [4.69, 9.17) is 5.84 Å². The van der Waals surface area contributed by atoms with Crippen LogP contribution in [0.4, 0.5) is 13.2 Å². The molecule has 20 heavy (non-hydrogen) atoms. The smallest absolute Gasteiger partial charge is 0.194 e. The minimum Gasteiger partial charge on any atom is -0.335 e. The lowest BCUT2D eigenvalue weighted by Crippen LogP contribution is -2.31. The molecule has 1 unspecified atom stereocenters. The van der Waals surface area contributed by atoms with Gasteiger partial charge in [0.05, 0.1) is 6.04 Å². The summed E-state index contributed by atoms with van der Waals surface area (Å²) < 4.78 is 41.8. The number of hydrogen-bond acceptors (Lipinski definition) is 3. The fraction of sp³-hybridized carbons (Fsp3) is 0.308. The van der Waals surface area contributed by atoms with Crippen molar-refractivity contribution in [1.29, 1.82) is 0 Å². The zero-order valence-electron chi connectivity index (χ0n) is 10.9. The van der Waals surface area contributed by atoms with Gasteiger partial charge in [0.15, 0.2) is 17.5 Å². The predicted octanol–water partition coefficient (Wildman–Crippen LogP) is 2.07. The van der Waals surface area contributed by atoms with E-state index in [1.807, 2.05) is 11.5 Å². The molecule has 2 rings (SSSR count). The van der Waals surface area contributed by atoms with Crippen LogP contribution in [-0.4, -0.2) is 9.55 Å². The SMILES string of the molecule is CCn1ccnc1CC(NN)c1ccc(F)c(F)c1F. The van der Waals surface area contributed by atoms with E-state index in [0.29, 0.717) is 12.4 Å². The van der Waals surface area contributed by atoms with Crippen LogP contribution in [0.15, 0.2) is 24.5 Å². The van der Waals surface area contributed by atoms with Gasteiger partial charge in [0.2, 0.25) is 0 Å². The van der Waals surface area contributed by atoms with Crippen molar-refractivity contribution in [2.24, 2.45) is 5.84 Å². The van der Waals surface area contributed by atoms with Crippen LogP contribution in [0.3, 0.4) is 0 Å². The summed E-state index contributed by atoms with van der Waals surface area (Å²) in [5, 5.41) is 0. The van der Waals surface area contributed by atoms with Crippen molar-refractivity contribution in [2.75, 3.05) is 0 Å². The van der Waals surface area contributed by atoms with Crippen molar-refractivity contribution in [3.05, 3.63) is 53.4 Å². The first-order chi connectivity index (χ1) is 9.58. The number of aromatic nitrogens is 2. The van der Waals surface area contributed by atoms with Gasteiger partial charge in [-0.3, -0.25) is 11.3 Å². The summed E-state index contributed by atoms with van der Waals surface area (Å²) in [5.74, 6) is 2.12. The lowest BCUT2D eigenvalue weighted by atomic mass is 10.0. The lowest BCUT2D eigenvalue weighted by molar-refractivity contribution is 0.422. The van der Waals surface area contributed by atoms with Gasteiger partial charge in [-0.15, -0.1) is 0 Å². The average Bonchev–Trinajstić information content (AvgIpc) is 2.90. The average molecular weight is 284 g/mol. The molecule has 7 heteroatoms. The van der Waals surface area contributed by atoms with E-state index in [1.165, 1.54) is 6.07 Å². The van der Waals surface area contributed by atoms with E-state index in [-0.39, 0.29) is 12.0 Å². The van der Waals surface area contributed by atoms with E-state index < -0.39 is 23.5 Å². The fourth-order valence-electron chi connectivity index (χ4n) is 2.07. The molecule has 0 bridgehead atoms. The second kappa shape index (κ2) is 6.06. The molecule has 0 saturated heterocycles. The van der Waals surface area contributed by atoms with Crippen molar-refractivity contribution in [1.82, 2.24) is 15.0 Å². The number of benzene rings is 1. The van der Waals surface area contributed by atoms with Gasteiger partial charge >= 0.3 is 0 Å². The molecule has 0 aliphatic rings. The van der Waals surface area contributed by atoms with Gasteiger partial charge in [0.25, 0.3) is 0 Å². The summed E-state index contributed by atoms with van der Waals surface area (Å²) in [7, 11) is 0. The molecule has 3 N–H and O–H groups in total. The van der Waals surface area contributed by atoms with E-state index in [9.17, 15) is 13.2 Å². The van der Waals surface area contributed by atoms with Crippen LogP contribution in [0.5, 0.6) is 0 Å². The number of nitrogens with two attached hydrogens (primary N) is 1. The Bertz CT molecular complexity index is 597. The molecule has 0 aliphatic heterocycles. The zero-order valence-corrected chi connectivity index (χ0v) is 10.9. The number of imidazole rings is 1. The van der Waals surface area contributed by atoms with Crippen molar-refractivity contribution < 1.29 is 13.2 Å². The Labute approximate surface area is 114 Å². The maximum Gasteiger partial charge on any atom is 0.194 e. The van der Waals surface area contributed by atoms with Gasteiger partial charge in [0, 0.05) is 30.9 Å². The van der Waals surface area contributed by atoms with Crippen molar-refractivity contribution in [3.8, 4) is 0 Å². The van der Waals surface area contributed by atoms with Crippen LogP contribution in [0, 0.1) is 17.5 Å². The Morgan fingerprint density at radius 3 is 2.70 bits per heavy atom. The van der Waals surface area contributed by atoms with Gasteiger partial charge in [-0.05, 0) is 13.0 Å². The number of hydrazine groups is 1. The van der Waals surface area contributed by atoms with Gasteiger partial charge in [0.1, 0.15) is 5.82 Å². The van der Waals surface area contributed by atoms with E-state index in [1.54, 1.807) is 12.4 Å². The standard InChI is InChI=1S/C13H15F3N4/c1-2-20-6-5-18-11(20)7-10(19-17)8-3-4-9(14)13(16)12(8)15/h3-6,10,19H,2,7,17H2,1H3. The normalized spacial score (nSPS) is 12.7. The second-order valence-electron chi connectivity index (χ2n) is 4.32. The van der Waals surface area contributed by atoms with E-state index in [0.717, 1.165) is 6.07 Å². The summed E-state index contributed by atoms with van der Waals surface area (Å²) >= 11 is 0. The Hall–Kier alpha value is -1.86. The highest BCUT2D eigenvalue weighted by atomic mass is 19.2. The molecule has 1 aromatic carbocycles. The zero-order chi connectivity index (χ0) is 14.7. The van der Waals surface area contributed by atoms with Gasteiger partial charge in [-0.2, -0.15) is 0 Å². The van der Waals surface area contributed by atoms with Gasteiger partial charge < -0.3 is 4.57 Å². The molecule has 0 radical (unpaired) electrons. The first-order valence-corrected chi connectivity index (χ1v) is 6.18. The molecule has 1 heterocycles. The number of nitrogens with one attached hydrogen (secondary N) is 1. The third-order valence-corrected chi connectivity index (χ3v) is 3.17. The Morgan fingerprint density at radius 1 is 1.30 bits per heavy atom. The summed E-state index contributed by atoms with van der Waals surface area (Å²) in [4.78, 5) is 4.15. The Kier molecular flexibility index (Phi) is 4.41. The highest BCUT2D eigenvalue weighted by Gasteiger charge is 2.21. The van der Waals surface area contributed by atoms with Crippen LogP contribution in [-0.2, 0) is 13.0 Å². The van der Waals surface area contributed by atoms with Crippen molar-refractivity contribution >= 4 is 0 Å². The van der Waals surface area contributed by atoms with Gasteiger partial charge in [-0.1, -0.05) is 6.07 Å². The van der Waals surface area contributed by atoms with Crippen LogP contribution in [0.25, 0.3) is 0 Å². The molecule has 2 aromatic rings. The molecule has 108 valence electrons. The minimum absolute atomic E-state index is 0.0305. The van der Waals surface area contributed by atoms with Crippen LogP contribution < -0.4 is 11.3 Å². The van der Waals surface area contributed by atoms with E-state index >= 15 is 0 Å². The number of nitrogens with zero attached hydrogens (tertiary/aromatic N) is 2. The van der Waals surface area contributed by atoms with Crippen LogP contribution >= 0.6 is 0 Å². The van der Waals surface area contributed by atoms with E-state index in [2.05, 4.69) is 10.4 Å².